The van der Waals surface area contributed by atoms with Gasteiger partial charge in [-0.15, -0.1) is 16.4 Å². The lowest BCUT2D eigenvalue weighted by atomic mass is 9.90. The van der Waals surface area contributed by atoms with E-state index in [1.807, 2.05) is 0 Å². The Morgan fingerprint density at radius 2 is 2.03 bits per heavy atom. The van der Waals surface area contributed by atoms with Gasteiger partial charge in [0.25, 0.3) is 0 Å². The van der Waals surface area contributed by atoms with E-state index < -0.39 is 48.8 Å². The topological polar surface area (TPSA) is 120 Å². The molecule has 1 aliphatic rings. The fourth-order valence-corrected chi connectivity index (χ4v) is 5.93. The van der Waals surface area contributed by atoms with Gasteiger partial charge >= 0.3 is 6.18 Å². The highest BCUT2D eigenvalue weighted by molar-refractivity contribution is 9.10. The van der Waals surface area contributed by atoms with Gasteiger partial charge in [-0.2, -0.15) is 18.3 Å². The van der Waals surface area contributed by atoms with Crippen LogP contribution in [-0.4, -0.2) is 72.0 Å². The predicted molar refractivity (Wildman–Crippen MR) is 138 cm³/mol. The van der Waals surface area contributed by atoms with Crippen LogP contribution in [0.4, 0.5) is 13.2 Å². The maximum Gasteiger partial charge on any atom is 0.418 e. The maximum atomic E-state index is 13.9. The first kappa shape index (κ1) is 28.4. The lowest BCUT2D eigenvalue weighted by molar-refractivity contribution is -0.216. The molecule has 39 heavy (non-hydrogen) atoms. The van der Waals surface area contributed by atoms with Crippen LogP contribution in [0.5, 0.6) is 0 Å². The van der Waals surface area contributed by atoms with Crippen molar-refractivity contribution in [3.8, 4) is 16.4 Å². The lowest BCUT2D eigenvalue weighted by Crippen LogP contribution is -2.53. The molecule has 208 valence electrons. The van der Waals surface area contributed by atoms with Gasteiger partial charge in [0.1, 0.15) is 50.9 Å². The predicted octanol–water partition coefficient (Wildman–Crippen LogP) is 4.72. The van der Waals surface area contributed by atoms with E-state index in [-0.39, 0.29) is 26.2 Å². The minimum Gasteiger partial charge on any atom is -0.394 e. The van der Waals surface area contributed by atoms with Crippen LogP contribution in [0.25, 0.3) is 16.4 Å². The smallest absolute Gasteiger partial charge is 0.394 e. The quantitative estimate of drug-likeness (QED) is 0.303. The number of aromatic nitrogens is 6. The number of hydrogen-bond acceptors (Lipinski definition) is 9. The van der Waals surface area contributed by atoms with Gasteiger partial charge < -0.3 is 19.7 Å². The Balaban J connectivity index is 1.61. The number of rotatable bonds is 6. The van der Waals surface area contributed by atoms with Crippen molar-refractivity contribution in [1.82, 2.24) is 29.8 Å². The monoisotopic (exact) mass is 668 g/mol. The van der Waals surface area contributed by atoms with Crippen molar-refractivity contribution >= 4 is 50.5 Å². The molecule has 4 heterocycles. The highest BCUT2D eigenvalue weighted by Crippen LogP contribution is 2.43. The van der Waals surface area contributed by atoms with E-state index >= 15 is 0 Å². The molecule has 0 spiro atoms. The van der Waals surface area contributed by atoms with Crippen LogP contribution >= 0.6 is 50.5 Å². The normalized spacial score (nSPS) is 23.9. The zero-order chi connectivity index (χ0) is 28.1. The summed E-state index contributed by atoms with van der Waals surface area (Å²) >= 11 is 16.5. The Morgan fingerprint density at radius 3 is 2.67 bits per heavy atom. The number of thiazole rings is 1. The van der Waals surface area contributed by atoms with Gasteiger partial charge in [-0.1, -0.05) is 28.4 Å². The van der Waals surface area contributed by atoms with E-state index in [1.165, 1.54) is 35.4 Å². The largest absolute Gasteiger partial charge is 0.418 e. The van der Waals surface area contributed by atoms with E-state index in [2.05, 4.69) is 36.3 Å². The number of nitrogens with zero attached hydrogens (tertiary/aromatic N) is 6. The number of ether oxygens (including phenoxy) is 2. The first-order valence-corrected chi connectivity index (χ1v) is 13.6. The molecule has 5 rings (SSSR count). The average Bonchev–Trinajstić information content (AvgIpc) is 3.62. The van der Waals surface area contributed by atoms with Gasteiger partial charge in [-0.05, 0) is 40.2 Å². The van der Waals surface area contributed by atoms with Crippen LogP contribution in [-0.2, 0) is 15.7 Å². The number of hydrogen-bond donors (Lipinski definition) is 2. The summed E-state index contributed by atoms with van der Waals surface area (Å²) in [4.78, 5) is 4.16. The molecule has 1 saturated heterocycles. The van der Waals surface area contributed by atoms with Crippen LogP contribution in [0.1, 0.15) is 23.4 Å². The van der Waals surface area contributed by atoms with E-state index in [1.54, 1.807) is 5.38 Å². The minimum atomic E-state index is -4.72. The van der Waals surface area contributed by atoms with Crippen LogP contribution in [0.2, 0.25) is 10.2 Å². The summed E-state index contributed by atoms with van der Waals surface area (Å²) in [7, 11) is 1.36. The van der Waals surface area contributed by atoms with Gasteiger partial charge in [-0.3, -0.25) is 0 Å². The van der Waals surface area contributed by atoms with Crippen molar-refractivity contribution in [3.05, 3.63) is 61.9 Å². The molecule has 0 bridgehead atoms. The summed E-state index contributed by atoms with van der Waals surface area (Å²) in [5, 5.41) is 36.1. The van der Waals surface area contributed by atoms with Gasteiger partial charge in [0.15, 0.2) is 0 Å². The third-order valence-electron chi connectivity index (χ3n) is 6.14. The maximum absolute atomic E-state index is 13.9. The number of alkyl halides is 3. The third-order valence-corrected chi connectivity index (χ3v) is 7.95. The fourth-order valence-electron chi connectivity index (χ4n) is 4.47. The Labute approximate surface area is 241 Å². The molecule has 1 fully saturated rings. The zero-order valence-corrected chi connectivity index (χ0v) is 23.5. The van der Waals surface area contributed by atoms with Crippen LogP contribution < -0.4 is 0 Å². The van der Waals surface area contributed by atoms with E-state index in [4.69, 9.17) is 32.7 Å². The molecule has 1 aliphatic heterocycles. The summed E-state index contributed by atoms with van der Waals surface area (Å²) < 4.78 is 56.1. The second-order valence-corrected chi connectivity index (χ2v) is 11.0. The van der Waals surface area contributed by atoms with E-state index in [9.17, 15) is 23.4 Å². The molecule has 10 nitrogen and oxygen atoms in total. The summed E-state index contributed by atoms with van der Waals surface area (Å²) in [6.07, 6.45) is -7.82. The van der Waals surface area contributed by atoms with E-state index in [0.717, 1.165) is 22.9 Å². The van der Waals surface area contributed by atoms with Crippen molar-refractivity contribution < 1.29 is 32.9 Å². The van der Waals surface area contributed by atoms with Gasteiger partial charge in [-0.25, -0.2) is 14.3 Å². The molecule has 0 radical (unpaired) electrons. The first-order valence-electron chi connectivity index (χ1n) is 11.1. The Bertz CT molecular complexity index is 1480. The minimum absolute atomic E-state index is 0.0578. The number of halogens is 6. The molecule has 0 amide bonds. The molecule has 17 heteroatoms. The number of benzene rings is 1. The van der Waals surface area contributed by atoms with Gasteiger partial charge in [0, 0.05) is 17.5 Å². The number of aliphatic hydroxyl groups excluding tert-OH is 2. The summed E-state index contributed by atoms with van der Waals surface area (Å²) in [6.45, 7) is -0.603. The van der Waals surface area contributed by atoms with Crippen molar-refractivity contribution in [2.45, 2.75) is 36.6 Å². The Morgan fingerprint density at radius 1 is 1.26 bits per heavy atom. The number of aliphatic hydroxyl groups is 2. The van der Waals surface area contributed by atoms with Gasteiger partial charge in [0.2, 0.25) is 0 Å². The van der Waals surface area contributed by atoms with Crippen molar-refractivity contribution in [2.75, 3.05) is 13.7 Å². The molecule has 0 unspecified atom stereocenters. The number of methoxy groups -OCH3 is 1. The Hall–Kier alpha value is -2.11. The SMILES string of the molecule is CO[C@@H]1[C@@H](n2cc(-c3nc(Cl)cs3)nn2)[C@@H](O)[C@@H](CO)O[C@H]1c1cc(Br)nn1-c1cc(Cl)ccc1C(F)(F)F. The summed E-state index contributed by atoms with van der Waals surface area (Å²) in [5.74, 6) is 0. The molecule has 1 aromatic carbocycles. The molecule has 5 atom stereocenters. The van der Waals surface area contributed by atoms with Crippen molar-refractivity contribution in [2.24, 2.45) is 0 Å². The Kier molecular flexibility index (Phi) is 8.05. The zero-order valence-electron chi connectivity index (χ0n) is 19.6. The average molecular weight is 670 g/mol. The molecular weight excluding hydrogens is 652 g/mol. The standard InChI is InChI=1S/C22H18BrCl2F3N6O4S/c1-37-20-17(33-6-11(30-32-33)21-29-16(25)8-39-21)18(36)14(7-35)38-19(20)13-5-15(23)31-34(13)12-4-9(24)2-3-10(12)22(26,27)28/h2-6,8,14,17-20,35-36H,7H2,1H3/t14-,17+,18+,19+,20-/m1/s1. The molecule has 4 aromatic rings. The molecule has 0 aliphatic carbocycles. The lowest BCUT2D eigenvalue weighted by Gasteiger charge is -2.43. The summed E-state index contributed by atoms with van der Waals surface area (Å²) in [6, 6.07) is 3.61. The van der Waals surface area contributed by atoms with Crippen LogP contribution in [0.15, 0.2) is 40.4 Å². The highest BCUT2D eigenvalue weighted by atomic mass is 79.9. The molecule has 0 saturated carbocycles. The fraction of sp³-hybridized carbons (Fsp3) is 0.364. The van der Waals surface area contributed by atoms with Crippen molar-refractivity contribution in [3.63, 3.8) is 0 Å². The molecule has 3 aromatic heterocycles. The summed E-state index contributed by atoms with van der Waals surface area (Å²) in [5.41, 5.74) is -0.809. The second-order valence-electron chi connectivity index (χ2n) is 8.48. The first-order chi connectivity index (χ1) is 18.5. The molecule has 2 N–H and O–H groups in total. The van der Waals surface area contributed by atoms with Crippen LogP contribution in [0, 0.1) is 0 Å². The van der Waals surface area contributed by atoms with Crippen molar-refractivity contribution in [1.29, 1.82) is 0 Å². The highest BCUT2D eigenvalue weighted by Gasteiger charge is 2.49. The van der Waals surface area contributed by atoms with Crippen LogP contribution in [0.3, 0.4) is 0 Å². The van der Waals surface area contributed by atoms with Gasteiger partial charge in [0.05, 0.1) is 29.7 Å². The third kappa shape index (κ3) is 5.46. The van der Waals surface area contributed by atoms with E-state index in [0.29, 0.717) is 10.7 Å². The second kappa shape index (κ2) is 11.0. The molecular formula is C22H18BrCl2F3N6O4S.